The lowest BCUT2D eigenvalue weighted by atomic mass is 10.4. The summed E-state index contributed by atoms with van der Waals surface area (Å²) in [4.78, 5) is 0. The topological polar surface area (TPSA) is 61.9 Å². The zero-order valence-corrected chi connectivity index (χ0v) is 3.08. The predicted molar refractivity (Wildman–Crippen MR) is 23.6 cm³/mol. The molecule has 0 radical (unpaired) electrons. The second-order valence-corrected chi connectivity index (χ2v) is 0.664. The molecule has 3 nitrogen and oxygen atoms in total. The van der Waals surface area contributed by atoms with Crippen molar-refractivity contribution in [1.82, 2.24) is 5.23 Å². The van der Waals surface area contributed by atoms with Crippen molar-refractivity contribution in [2.45, 2.75) is 0 Å². The standard InChI is InChI=1S/CH6BN3/c2-5-1(3)4/h2H2,(H4,3,4,5). The van der Waals surface area contributed by atoms with Gasteiger partial charge in [0.05, 0.1) is 0 Å². The Balaban J connectivity index is 2.85. The minimum atomic E-state index is 0.00463. The first-order valence-corrected chi connectivity index (χ1v) is 1.29. The highest BCUT2D eigenvalue weighted by Gasteiger charge is 1.66. The summed E-state index contributed by atoms with van der Waals surface area (Å²) >= 11 is 0. The summed E-state index contributed by atoms with van der Waals surface area (Å²) in [5.74, 6) is 0.00463. The number of guanidine groups is 1. The van der Waals surface area contributed by atoms with Gasteiger partial charge in [0.25, 0.3) is 0 Å². The van der Waals surface area contributed by atoms with E-state index in [4.69, 9.17) is 11.1 Å². The fourth-order valence-electron chi connectivity index (χ4n) is 0. The molecular formula is CH6BN3. The SMILES string of the molecule is BNC(=N)N. The second-order valence-electron chi connectivity index (χ2n) is 0.664. The molecule has 0 saturated carbocycles. The van der Waals surface area contributed by atoms with Crippen LogP contribution < -0.4 is 11.0 Å². The first-order valence-electron chi connectivity index (χ1n) is 1.29. The number of hydrogen-bond donors (Lipinski definition) is 3. The summed E-state index contributed by atoms with van der Waals surface area (Å²) in [5.41, 5.74) is 4.76. The van der Waals surface area contributed by atoms with Gasteiger partial charge in [0, 0.05) is 0 Å². The molecular weight excluding hydrogens is 64.8 g/mol. The lowest BCUT2D eigenvalue weighted by Gasteiger charge is -1.85. The fraction of sp³-hybridized carbons (Fsp3) is 0. The van der Waals surface area contributed by atoms with Gasteiger partial charge in [0.1, 0.15) is 0 Å². The first kappa shape index (κ1) is 4.33. The van der Waals surface area contributed by atoms with Crippen LogP contribution >= 0.6 is 0 Å². The highest BCUT2D eigenvalue weighted by molar-refractivity contribution is 6.13. The van der Waals surface area contributed by atoms with Crippen molar-refractivity contribution in [1.29, 1.82) is 5.41 Å². The Morgan fingerprint density at radius 2 is 2.20 bits per heavy atom. The van der Waals surface area contributed by atoms with Crippen LogP contribution in [0, 0.1) is 5.41 Å². The van der Waals surface area contributed by atoms with Crippen LogP contribution in [0.1, 0.15) is 0 Å². The molecule has 0 bridgehead atoms. The maximum absolute atomic E-state index is 6.41. The van der Waals surface area contributed by atoms with Crippen LogP contribution in [0.2, 0.25) is 0 Å². The molecule has 5 heavy (non-hydrogen) atoms. The van der Waals surface area contributed by atoms with Crippen molar-refractivity contribution in [3.8, 4) is 0 Å². The molecule has 0 atom stereocenters. The molecule has 4 N–H and O–H groups in total. The van der Waals surface area contributed by atoms with Crippen LogP contribution in [-0.4, -0.2) is 13.9 Å². The first-order chi connectivity index (χ1) is 2.27. The summed E-state index contributed by atoms with van der Waals surface area (Å²) < 4.78 is 0. The maximum atomic E-state index is 6.41. The summed E-state index contributed by atoms with van der Waals surface area (Å²) in [5, 5.41) is 8.80. The van der Waals surface area contributed by atoms with E-state index in [1.165, 1.54) is 0 Å². The Hall–Kier alpha value is -0.665. The molecule has 0 heterocycles. The third-order valence-electron chi connectivity index (χ3n) is 0.269. The van der Waals surface area contributed by atoms with Crippen LogP contribution in [-0.2, 0) is 0 Å². The van der Waals surface area contributed by atoms with Gasteiger partial charge in [0.2, 0.25) is 7.98 Å². The number of rotatable bonds is 0. The van der Waals surface area contributed by atoms with Gasteiger partial charge < -0.3 is 11.0 Å². The van der Waals surface area contributed by atoms with Crippen molar-refractivity contribution in [2.75, 3.05) is 0 Å². The van der Waals surface area contributed by atoms with Gasteiger partial charge >= 0.3 is 0 Å². The second kappa shape index (κ2) is 1.63. The molecule has 0 rings (SSSR count). The highest BCUT2D eigenvalue weighted by Crippen LogP contribution is 1.29. The van der Waals surface area contributed by atoms with Crippen LogP contribution in [0.3, 0.4) is 0 Å². The molecule has 0 saturated heterocycles. The van der Waals surface area contributed by atoms with E-state index < -0.39 is 0 Å². The van der Waals surface area contributed by atoms with E-state index in [1.807, 2.05) is 0 Å². The van der Waals surface area contributed by atoms with E-state index in [0.717, 1.165) is 0 Å². The van der Waals surface area contributed by atoms with Crippen LogP contribution in [0.4, 0.5) is 0 Å². The van der Waals surface area contributed by atoms with E-state index in [2.05, 4.69) is 5.23 Å². The third-order valence-corrected chi connectivity index (χ3v) is 0.269. The zero-order chi connectivity index (χ0) is 4.28. The van der Waals surface area contributed by atoms with Crippen LogP contribution in [0.5, 0.6) is 0 Å². The largest absolute Gasteiger partial charge is 0.407 e. The minimum absolute atomic E-state index is 0.00463. The normalized spacial score (nSPS) is 6.40. The molecule has 0 amide bonds. The zero-order valence-electron chi connectivity index (χ0n) is 3.08. The molecule has 0 aliphatic rings. The summed E-state index contributed by atoms with van der Waals surface area (Å²) in [7, 11) is 1.60. The molecule has 0 aromatic carbocycles. The van der Waals surface area contributed by atoms with Crippen molar-refractivity contribution < 1.29 is 0 Å². The molecule has 0 aliphatic heterocycles. The van der Waals surface area contributed by atoms with Gasteiger partial charge in [-0.2, -0.15) is 0 Å². The average Bonchev–Trinajstić information content (AvgIpc) is 1.38. The van der Waals surface area contributed by atoms with Gasteiger partial charge in [-0.15, -0.1) is 0 Å². The fourth-order valence-corrected chi connectivity index (χ4v) is 0. The van der Waals surface area contributed by atoms with Crippen molar-refractivity contribution in [2.24, 2.45) is 5.73 Å². The number of nitrogens with two attached hydrogens (primary N) is 1. The van der Waals surface area contributed by atoms with Crippen LogP contribution in [0.15, 0.2) is 0 Å². The molecule has 0 spiro atoms. The van der Waals surface area contributed by atoms with Gasteiger partial charge in [-0.1, -0.05) is 0 Å². The van der Waals surface area contributed by atoms with E-state index in [0.29, 0.717) is 0 Å². The van der Waals surface area contributed by atoms with Gasteiger partial charge in [-0.05, 0) is 0 Å². The van der Waals surface area contributed by atoms with Crippen molar-refractivity contribution in [3.63, 3.8) is 0 Å². The average molecular weight is 70.9 g/mol. The smallest absolute Gasteiger partial charge is 0.217 e. The summed E-state index contributed by atoms with van der Waals surface area (Å²) in [6.45, 7) is 0. The Bertz CT molecular complexity index is 42.2. The number of hydrogen-bond acceptors (Lipinski definition) is 1. The van der Waals surface area contributed by atoms with Gasteiger partial charge in [0.15, 0.2) is 5.96 Å². The minimum Gasteiger partial charge on any atom is -0.407 e. The predicted octanol–water partition coefficient (Wildman–Crippen LogP) is -1.98. The summed E-state index contributed by atoms with van der Waals surface area (Å²) in [6.07, 6.45) is 0. The Kier molecular flexibility index (Phi) is 1.42. The Morgan fingerprint density at radius 1 is 2.00 bits per heavy atom. The van der Waals surface area contributed by atoms with Gasteiger partial charge in [-0.25, -0.2) is 0 Å². The molecule has 0 aromatic heterocycles. The molecule has 0 unspecified atom stereocenters. The van der Waals surface area contributed by atoms with Crippen molar-refractivity contribution in [3.05, 3.63) is 0 Å². The molecule has 0 aromatic rings. The maximum Gasteiger partial charge on any atom is 0.217 e. The quantitative estimate of drug-likeness (QED) is 0.176. The molecule has 0 fully saturated rings. The third kappa shape index (κ3) is 3.33. The number of nitrogens with one attached hydrogen (secondary N) is 2. The molecule has 28 valence electrons. The Morgan fingerprint density at radius 3 is 2.20 bits per heavy atom. The molecule has 0 aliphatic carbocycles. The van der Waals surface area contributed by atoms with E-state index in [1.54, 1.807) is 7.98 Å². The monoisotopic (exact) mass is 71.1 g/mol. The van der Waals surface area contributed by atoms with Gasteiger partial charge in [-0.3, -0.25) is 5.41 Å². The van der Waals surface area contributed by atoms with Crippen molar-refractivity contribution >= 4 is 13.9 Å². The lowest BCUT2D eigenvalue weighted by Crippen LogP contribution is -2.27. The Labute approximate surface area is 31.5 Å². The highest BCUT2D eigenvalue weighted by atomic mass is 15.0. The van der Waals surface area contributed by atoms with E-state index >= 15 is 0 Å². The molecule has 4 heteroatoms. The van der Waals surface area contributed by atoms with E-state index in [-0.39, 0.29) is 5.96 Å². The lowest BCUT2D eigenvalue weighted by molar-refractivity contribution is 1.31. The van der Waals surface area contributed by atoms with Crippen LogP contribution in [0.25, 0.3) is 0 Å². The summed E-state index contributed by atoms with van der Waals surface area (Å²) in [6, 6.07) is 0. The van der Waals surface area contributed by atoms with E-state index in [9.17, 15) is 0 Å².